The number of anilines is 1. The third kappa shape index (κ3) is 4.34. The normalized spacial score (nSPS) is 19.4. The molecule has 5 rings (SSSR count). The number of hydrogen-bond donors (Lipinski definition) is 1. The van der Waals surface area contributed by atoms with Crippen molar-refractivity contribution in [3.63, 3.8) is 0 Å². The third-order valence-corrected chi connectivity index (χ3v) is 7.50. The molecule has 0 radical (unpaired) electrons. The Labute approximate surface area is 199 Å². The van der Waals surface area contributed by atoms with Gasteiger partial charge in [0.05, 0.1) is 23.7 Å². The fourth-order valence-corrected chi connectivity index (χ4v) is 4.99. The van der Waals surface area contributed by atoms with E-state index in [2.05, 4.69) is 52.9 Å². The average molecular weight is 467 g/mol. The number of nitrogens with one attached hydrogen (secondary N) is 1. The number of halogens is 1. The monoisotopic (exact) mass is 466 g/mol. The van der Waals surface area contributed by atoms with E-state index >= 15 is 0 Å². The van der Waals surface area contributed by atoms with Crippen LogP contribution in [0.25, 0.3) is 16.7 Å². The van der Waals surface area contributed by atoms with E-state index in [1.165, 1.54) is 11.1 Å². The van der Waals surface area contributed by atoms with E-state index in [-0.39, 0.29) is 17.9 Å². The molecule has 1 unspecified atom stereocenters. The number of imidazole rings is 1. The Kier molecular flexibility index (Phi) is 6.06. The van der Waals surface area contributed by atoms with Gasteiger partial charge in [0.1, 0.15) is 0 Å². The molecule has 1 aromatic heterocycles. The van der Waals surface area contributed by atoms with Gasteiger partial charge in [0.15, 0.2) is 0 Å². The Morgan fingerprint density at radius 3 is 2.55 bits per heavy atom. The van der Waals surface area contributed by atoms with Crippen LogP contribution >= 0.6 is 11.6 Å². The number of amides is 1. The first-order valence-corrected chi connectivity index (χ1v) is 12.2. The van der Waals surface area contributed by atoms with Crippen LogP contribution in [-0.4, -0.2) is 47.8 Å². The van der Waals surface area contributed by atoms with Crippen molar-refractivity contribution in [1.29, 1.82) is 0 Å². The second-order valence-corrected chi connectivity index (χ2v) is 9.84. The number of carbonyl (C=O) groups excluding carboxylic acids is 1. The first kappa shape index (κ1) is 22.2. The van der Waals surface area contributed by atoms with Crippen molar-refractivity contribution in [3.05, 3.63) is 52.0 Å². The molecule has 1 amide bonds. The Bertz CT molecular complexity index is 1190. The Balaban J connectivity index is 1.44. The summed E-state index contributed by atoms with van der Waals surface area (Å²) in [7, 11) is 0. The van der Waals surface area contributed by atoms with Crippen molar-refractivity contribution in [2.24, 2.45) is 5.92 Å². The molecule has 0 saturated carbocycles. The standard InChI is InChI=1S/C26H31ClN4O2/c1-16-4-5-21(12-17(16)2)31-24-13-18(3)22(27)14-23(24)29-26(31)30-9-6-19(7-10-30)25(32)28-20-8-11-33-15-20/h4-5,12-14,19-20H,6-11,15H2,1-3H3,(H,28,32). The number of nitrogens with zero attached hydrogens (tertiary/aromatic N) is 3. The number of piperidine rings is 1. The molecule has 3 heterocycles. The minimum Gasteiger partial charge on any atom is -0.379 e. The van der Waals surface area contributed by atoms with Crippen LogP contribution in [0.5, 0.6) is 0 Å². The highest BCUT2D eigenvalue weighted by atomic mass is 35.5. The predicted octanol–water partition coefficient (Wildman–Crippen LogP) is 4.73. The summed E-state index contributed by atoms with van der Waals surface area (Å²) in [6.07, 6.45) is 2.54. The molecule has 1 N–H and O–H groups in total. The van der Waals surface area contributed by atoms with E-state index in [0.717, 1.165) is 72.2 Å². The van der Waals surface area contributed by atoms with Gasteiger partial charge in [0, 0.05) is 36.3 Å². The molecule has 33 heavy (non-hydrogen) atoms. The van der Waals surface area contributed by atoms with E-state index in [1.807, 2.05) is 13.0 Å². The second-order valence-electron chi connectivity index (χ2n) is 9.44. The highest BCUT2D eigenvalue weighted by Crippen LogP contribution is 2.33. The zero-order chi connectivity index (χ0) is 23.1. The van der Waals surface area contributed by atoms with Gasteiger partial charge in [-0.3, -0.25) is 9.36 Å². The lowest BCUT2D eigenvalue weighted by Crippen LogP contribution is -2.44. The van der Waals surface area contributed by atoms with E-state index in [9.17, 15) is 4.79 Å². The Morgan fingerprint density at radius 1 is 1.06 bits per heavy atom. The number of aromatic nitrogens is 2. The molecule has 0 bridgehead atoms. The summed E-state index contributed by atoms with van der Waals surface area (Å²) in [5, 5.41) is 3.89. The number of carbonyl (C=O) groups is 1. The summed E-state index contributed by atoms with van der Waals surface area (Å²) in [6, 6.07) is 10.8. The average Bonchev–Trinajstić information content (AvgIpc) is 3.44. The Morgan fingerprint density at radius 2 is 1.85 bits per heavy atom. The molecule has 0 aliphatic carbocycles. The largest absolute Gasteiger partial charge is 0.379 e. The third-order valence-electron chi connectivity index (χ3n) is 7.09. The predicted molar refractivity (Wildman–Crippen MR) is 133 cm³/mol. The van der Waals surface area contributed by atoms with Crippen molar-refractivity contribution in [3.8, 4) is 5.69 Å². The van der Waals surface area contributed by atoms with Gasteiger partial charge in [0.2, 0.25) is 11.9 Å². The molecule has 0 spiro atoms. The molecule has 2 saturated heterocycles. The molecule has 1 atom stereocenters. The van der Waals surface area contributed by atoms with Crippen molar-refractivity contribution in [2.75, 3.05) is 31.2 Å². The van der Waals surface area contributed by atoms with Crippen LogP contribution in [0.15, 0.2) is 30.3 Å². The van der Waals surface area contributed by atoms with Crippen LogP contribution < -0.4 is 10.2 Å². The highest BCUT2D eigenvalue weighted by Gasteiger charge is 2.30. The maximum atomic E-state index is 12.8. The molecule has 3 aromatic rings. The van der Waals surface area contributed by atoms with E-state index in [4.69, 9.17) is 21.3 Å². The second kappa shape index (κ2) is 8.99. The van der Waals surface area contributed by atoms with Crippen LogP contribution in [-0.2, 0) is 9.53 Å². The Hall–Kier alpha value is -2.57. The smallest absolute Gasteiger partial charge is 0.223 e. The molecule has 2 aromatic carbocycles. The number of fused-ring (bicyclic) bond motifs is 1. The highest BCUT2D eigenvalue weighted by molar-refractivity contribution is 6.32. The van der Waals surface area contributed by atoms with Gasteiger partial charge in [-0.1, -0.05) is 17.7 Å². The summed E-state index contributed by atoms with van der Waals surface area (Å²) in [5.74, 6) is 1.12. The van der Waals surface area contributed by atoms with Crippen LogP contribution in [0.1, 0.15) is 36.0 Å². The summed E-state index contributed by atoms with van der Waals surface area (Å²) in [6.45, 7) is 9.25. The fourth-order valence-electron chi connectivity index (χ4n) is 4.83. The molecule has 174 valence electrons. The topological polar surface area (TPSA) is 59.4 Å². The van der Waals surface area contributed by atoms with Crippen LogP contribution in [0.2, 0.25) is 5.02 Å². The molecule has 2 aliphatic heterocycles. The van der Waals surface area contributed by atoms with Gasteiger partial charge < -0.3 is 15.0 Å². The van der Waals surface area contributed by atoms with Crippen molar-refractivity contribution in [2.45, 2.75) is 46.1 Å². The quantitative estimate of drug-likeness (QED) is 0.604. The molecular formula is C26H31ClN4O2. The van der Waals surface area contributed by atoms with Crippen molar-refractivity contribution in [1.82, 2.24) is 14.9 Å². The molecule has 6 nitrogen and oxygen atoms in total. The number of benzene rings is 2. The summed E-state index contributed by atoms with van der Waals surface area (Å²) in [5.41, 5.74) is 6.59. The zero-order valence-corrected chi connectivity index (χ0v) is 20.3. The lowest BCUT2D eigenvalue weighted by Gasteiger charge is -2.33. The lowest BCUT2D eigenvalue weighted by molar-refractivity contribution is -0.126. The minimum absolute atomic E-state index is 0.0398. The number of ether oxygens (including phenoxy) is 1. The van der Waals surface area contributed by atoms with E-state index in [0.29, 0.717) is 6.61 Å². The van der Waals surface area contributed by atoms with Gasteiger partial charge in [0.25, 0.3) is 0 Å². The van der Waals surface area contributed by atoms with Gasteiger partial charge in [-0.15, -0.1) is 0 Å². The maximum absolute atomic E-state index is 12.8. The molecule has 2 fully saturated rings. The SMILES string of the molecule is Cc1ccc(-n2c(N3CCC(C(=O)NC4CCOC4)CC3)nc3cc(Cl)c(C)cc32)cc1C. The number of aryl methyl sites for hydroxylation is 3. The molecule has 2 aliphatic rings. The van der Waals surface area contributed by atoms with Gasteiger partial charge >= 0.3 is 0 Å². The van der Waals surface area contributed by atoms with Crippen molar-refractivity contribution >= 4 is 34.5 Å². The molecule has 7 heteroatoms. The van der Waals surface area contributed by atoms with Crippen LogP contribution in [0.4, 0.5) is 5.95 Å². The zero-order valence-electron chi connectivity index (χ0n) is 19.5. The number of hydrogen-bond acceptors (Lipinski definition) is 4. The van der Waals surface area contributed by atoms with E-state index < -0.39 is 0 Å². The number of rotatable bonds is 4. The summed E-state index contributed by atoms with van der Waals surface area (Å²) >= 11 is 6.43. The van der Waals surface area contributed by atoms with Crippen molar-refractivity contribution < 1.29 is 9.53 Å². The minimum atomic E-state index is 0.0398. The maximum Gasteiger partial charge on any atom is 0.223 e. The fraction of sp³-hybridized carbons (Fsp3) is 0.462. The van der Waals surface area contributed by atoms with Gasteiger partial charge in [-0.05, 0) is 81.0 Å². The first-order chi connectivity index (χ1) is 15.9. The first-order valence-electron chi connectivity index (χ1n) is 11.8. The van der Waals surface area contributed by atoms with Crippen LogP contribution in [0.3, 0.4) is 0 Å². The summed E-state index contributed by atoms with van der Waals surface area (Å²) in [4.78, 5) is 20.1. The van der Waals surface area contributed by atoms with E-state index in [1.54, 1.807) is 0 Å². The summed E-state index contributed by atoms with van der Waals surface area (Å²) < 4.78 is 7.63. The lowest BCUT2D eigenvalue weighted by atomic mass is 9.95. The van der Waals surface area contributed by atoms with Gasteiger partial charge in [-0.25, -0.2) is 4.98 Å². The van der Waals surface area contributed by atoms with Gasteiger partial charge in [-0.2, -0.15) is 0 Å². The van der Waals surface area contributed by atoms with Crippen LogP contribution in [0, 0.1) is 26.7 Å². The molecular weight excluding hydrogens is 436 g/mol.